The Morgan fingerprint density at radius 2 is 2.00 bits per heavy atom. The summed E-state index contributed by atoms with van der Waals surface area (Å²) < 4.78 is 5.15. The monoisotopic (exact) mass is 291 g/mol. The van der Waals surface area contributed by atoms with Gasteiger partial charge in [-0.2, -0.15) is 0 Å². The van der Waals surface area contributed by atoms with Crippen molar-refractivity contribution in [3.05, 3.63) is 24.0 Å². The number of methoxy groups -OCH3 is 1. The lowest BCUT2D eigenvalue weighted by Crippen LogP contribution is -2.29. The minimum atomic E-state index is 0.102. The van der Waals surface area contributed by atoms with Crippen LogP contribution in [-0.2, 0) is 0 Å². The maximum atomic E-state index is 12.3. The topological polar surface area (TPSA) is 58.2 Å². The molecule has 2 rings (SSSR count). The predicted molar refractivity (Wildman–Crippen MR) is 86.1 cm³/mol. The van der Waals surface area contributed by atoms with Gasteiger partial charge in [0.2, 0.25) is 0 Å². The summed E-state index contributed by atoms with van der Waals surface area (Å²) in [6, 6.07) is 1.84. The van der Waals surface area contributed by atoms with E-state index in [1.165, 1.54) is 0 Å². The van der Waals surface area contributed by atoms with Gasteiger partial charge in [-0.05, 0) is 19.2 Å². The number of hydrogen-bond donors (Lipinski definition) is 1. The molecule has 0 aromatic carbocycles. The van der Waals surface area contributed by atoms with Crippen LogP contribution in [0, 0.1) is 0 Å². The quantitative estimate of drug-likeness (QED) is 0.831. The standard InChI is InChI=1S/C14H19N3O2.C2H6/c1-4-17(5-2)9-13(18)12-8-16-14-11(12)6-10(19-3)7-15-14;1-2/h6-8H,4-5,9H2,1-3H3,(H,15,16);1-2H3. The summed E-state index contributed by atoms with van der Waals surface area (Å²) in [5.41, 5.74) is 1.39. The lowest BCUT2D eigenvalue weighted by atomic mass is 10.1. The molecule has 0 spiro atoms. The fraction of sp³-hybridized carbons (Fsp3) is 0.500. The highest BCUT2D eigenvalue weighted by Gasteiger charge is 2.15. The Bertz CT molecular complexity index is 574. The van der Waals surface area contributed by atoms with Crippen molar-refractivity contribution in [1.29, 1.82) is 0 Å². The number of fused-ring (bicyclic) bond motifs is 1. The van der Waals surface area contributed by atoms with Crippen LogP contribution in [0.2, 0.25) is 0 Å². The SMILES string of the molecule is CC.CCN(CC)CC(=O)c1c[nH]c2ncc(OC)cc12. The van der Waals surface area contributed by atoms with E-state index in [1.807, 2.05) is 19.9 Å². The number of nitrogens with one attached hydrogen (secondary N) is 1. The van der Waals surface area contributed by atoms with Gasteiger partial charge >= 0.3 is 0 Å². The molecule has 0 fully saturated rings. The zero-order chi connectivity index (χ0) is 15.8. The van der Waals surface area contributed by atoms with Gasteiger partial charge in [-0.3, -0.25) is 9.69 Å². The molecule has 0 saturated heterocycles. The van der Waals surface area contributed by atoms with Gasteiger partial charge in [0, 0.05) is 17.1 Å². The summed E-state index contributed by atoms with van der Waals surface area (Å²) >= 11 is 0. The van der Waals surface area contributed by atoms with Crippen LogP contribution in [0.4, 0.5) is 0 Å². The number of hydrogen-bond acceptors (Lipinski definition) is 4. The molecule has 0 saturated carbocycles. The first-order valence-corrected chi connectivity index (χ1v) is 7.46. The van der Waals surface area contributed by atoms with Gasteiger partial charge in [-0.15, -0.1) is 0 Å². The Labute approximate surface area is 126 Å². The molecule has 2 heterocycles. The van der Waals surface area contributed by atoms with E-state index in [1.54, 1.807) is 19.5 Å². The highest BCUT2D eigenvalue weighted by atomic mass is 16.5. The maximum absolute atomic E-state index is 12.3. The fourth-order valence-corrected chi connectivity index (χ4v) is 2.06. The third kappa shape index (κ3) is 4.04. The molecule has 2 aromatic rings. The van der Waals surface area contributed by atoms with Gasteiger partial charge in [0.25, 0.3) is 0 Å². The summed E-state index contributed by atoms with van der Waals surface area (Å²) in [6.07, 6.45) is 3.36. The van der Waals surface area contributed by atoms with Crippen LogP contribution >= 0.6 is 0 Å². The molecule has 0 unspecified atom stereocenters. The third-order valence-corrected chi connectivity index (χ3v) is 3.30. The Kier molecular flexibility index (Phi) is 6.88. The number of carbonyl (C=O) groups excluding carboxylic acids is 1. The molecule has 0 atom stereocenters. The van der Waals surface area contributed by atoms with Crippen molar-refractivity contribution in [1.82, 2.24) is 14.9 Å². The van der Waals surface area contributed by atoms with Crippen LogP contribution in [0.3, 0.4) is 0 Å². The summed E-state index contributed by atoms with van der Waals surface area (Å²) in [4.78, 5) is 21.7. The number of H-pyrrole nitrogens is 1. The van der Waals surface area contributed by atoms with Crippen molar-refractivity contribution in [2.24, 2.45) is 0 Å². The predicted octanol–water partition coefficient (Wildman–Crippen LogP) is 3.12. The zero-order valence-electron chi connectivity index (χ0n) is 13.6. The lowest BCUT2D eigenvalue weighted by Gasteiger charge is -2.16. The number of aromatic nitrogens is 2. The molecule has 2 aromatic heterocycles. The molecule has 21 heavy (non-hydrogen) atoms. The van der Waals surface area contributed by atoms with E-state index in [0.717, 1.165) is 18.5 Å². The number of pyridine rings is 1. The van der Waals surface area contributed by atoms with Crippen LogP contribution in [0.25, 0.3) is 11.0 Å². The number of rotatable bonds is 6. The maximum Gasteiger partial charge on any atom is 0.179 e. The van der Waals surface area contributed by atoms with E-state index in [-0.39, 0.29) is 5.78 Å². The summed E-state index contributed by atoms with van der Waals surface area (Å²) in [7, 11) is 1.59. The van der Waals surface area contributed by atoms with Gasteiger partial charge in [-0.1, -0.05) is 27.7 Å². The Morgan fingerprint density at radius 3 is 2.57 bits per heavy atom. The average molecular weight is 291 g/mol. The van der Waals surface area contributed by atoms with E-state index < -0.39 is 0 Å². The molecule has 0 radical (unpaired) electrons. The van der Waals surface area contributed by atoms with E-state index in [0.29, 0.717) is 23.5 Å². The molecule has 0 aliphatic carbocycles. The molecule has 0 aliphatic rings. The first-order chi connectivity index (χ1) is 10.2. The minimum Gasteiger partial charge on any atom is -0.495 e. The molecule has 0 aliphatic heterocycles. The summed E-state index contributed by atoms with van der Waals surface area (Å²) in [5.74, 6) is 0.758. The van der Waals surface area contributed by atoms with Crippen LogP contribution in [-0.4, -0.2) is 47.4 Å². The van der Waals surface area contributed by atoms with Crippen LogP contribution in [0.5, 0.6) is 5.75 Å². The molecule has 0 bridgehead atoms. The van der Waals surface area contributed by atoms with Crippen molar-refractivity contribution in [2.75, 3.05) is 26.7 Å². The number of Topliss-reactive ketones (excluding diaryl/α,β-unsaturated/α-hetero) is 1. The number of aromatic amines is 1. The van der Waals surface area contributed by atoms with Crippen molar-refractivity contribution in [3.63, 3.8) is 0 Å². The van der Waals surface area contributed by atoms with Gasteiger partial charge in [0.1, 0.15) is 11.4 Å². The number of carbonyl (C=O) groups is 1. The number of ether oxygens (including phenoxy) is 1. The number of nitrogens with zero attached hydrogens (tertiary/aromatic N) is 2. The molecule has 5 nitrogen and oxygen atoms in total. The summed E-state index contributed by atoms with van der Waals surface area (Å²) in [5, 5.41) is 0.816. The molecular formula is C16H25N3O2. The van der Waals surface area contributed by atoms with Crippen molar-refractivity contribution >= 4 is 16.8 Å². The Hall–Kier alpha value is -1.88. The largest absolute Gasteiger partial charge is 0.495 e. The Balaban J connectivity index is 0.00000106. The normalized spacial score (nSPS) is 10.4. The fourth-order valence-electron chi connectivity index (χ4n) is 2.06. The van der Waals surface area contributed by atoms with Crippen molar-refractivity contribution < 1.29 is 9.53 Å². The lowest BCUT2D eigenvalue weighted by molar-refractivity contribution is 0.0939. The van der Waals surface area contributed by atoms with Gasteiger partial charge in [0.15, 0.2) is 5.78 Å². The minimum absolute atomic E-state index is 0.102. The smallest absolute Gasteiger partial charge is 0.179 e. The highest BCUT2D eigenvalue weighted by Crippen LogP contribution is 2.21. The van der Waals surface area contributed by atoms with Crippen LogP contribution < -0.4 is 4.74 Å². The van der Waals surface area contributed by atoms with E-state index in [2.05, 4.69) is 28.7 Å². The van der Waals surface area contributed by atoms with Crippen molar-refractivity contribution in [3.8, 4) is 5.75 Å². The highest BCUT2D eigenvalue weighted by molar-refractivity contribution is 6.08. The second kappa shape index (κ2) is 8.42. The van der Waals surface area contributed by atoms with Gasteiger partial charge in [-0.25, -0.2) is 4.98 Å². The molecule has 5 heteroatoms. The second-order valence-electron chi connectivity index (χ2n) is 4.36. The summed E-state index contributed by atoms with van der Waals surface area (Å²) in [6.45, 7) is 10.3. The molecule has 1 N–H and O–H groups in total. The first-order valence-electron chi connectivity index (χ1n) is 7.46. The average Bonchev–Trinajstić information content (AvgIpc) is 2.97. The zero-order valence-corrected chi connectivity index (χ0v) is 13.6. The van der Waals surface area contributed by atoms with Gasteiger partial charge < -0.3 is 9.72 Å². The molecule has 116 valence electrons. The van der Waals surface area contributed by atoms with E-state index in [9.17, 15) is 4.79 Å². The number of ketones is 1. The molecular weight excluding hydrogens is 266 g/mol. The van der Waals surface area contributed by atoms with E-state index in [4.69, 9.17) is 4.74 Å². The first kappa shape index (κ1) is 17.2. The number of likely N-dealkylation sites (N-methyl/N-ethyl adjacent to an activating group) is 1. The third-order valence-electron chi connectivity index (χ3n) is 3.30. The molecule has 0 amide bonds. The second-order valence-corrected chi connectivity index (χ2v) is 4.36. The van der Waals surface area contributed by atoms with Crippen molar-refractivity contribution in [2.45, 2.75) is 27.7 Å². The van der Waals surface area contributed by atoms with Crippen LogP contribution in [0.1, 0.15) is 38.1 Å². The van der Waals surface area contributed by atoms with Crippen LogP contribution in [0.15, 0.2) is 18.5 Å². The van der Waals surface area contributed by atoms with E-state index >= 15 is 0 Å². The van der Waals surface area contributed by atoms with Gasteiger partial charge in [0.05, 0.1) is 19.9 Å². The Morgan fingerprint density at radius 1 is 1.33 bits per heavy atom.